The molecule has 0 aliphatic rings. The highest BCUT2D eigenvalue weighted by atomic mass is 35.5. The van der Waals surface area contributed by atoms with Crippen molar-refractivity contribution in [2.45, 2.75) is 20.4 Å². The van der Waals surface area contributed by atoms with E-state index in [2.05, 4.69) is 5.10 Å². The molecule has 1 heterocycles. The normalized spacial score (nSPS) is 10.9. The Kier molecular flexibility index (Phi) is 3.43. The maximum atomic E-state index is 5.98. The van der Waals surface area contributed by atoms with Crippen LogP contribution in [0.5, 0.6) is 0 Å². The number of nitrogens with zero attached hydrogens (tertiary/aromatic N) is 2. The van der Waals surface area contributed by atoms with Crippen molar-refractivity contribution in [3.63, 3.8) is 0 Å². The number of aromatic nitrogens is 2. The molecule has 0 aliphatic carbocycles. The van der Waals surface area contributed by atoms with E-state index < -0.39 is 0 Å². The molecule has 0 aliphatic heterocycles. The first-order valence-electron chi connectivity index (χ1n) is 5.24. The van der Waals surface area contributed by atoms with Crippen molar-refractivity contribution in [3.05, 3.63) is 45.2 Å². The number of rotatable bonds is 2. The van der Waals surface area contributed by atoms with Crippen LogP contribution in [0, 0.1) is 13.8 Å². The zero-order valence-electron chi connectivity index (χ0n) is 9.67. The predicted octanol–water partition coefficient (Wildman–Crippen LogP) is 3.25. The van der Waals surface area contributed by atoms with Gasteiger partial charge in [0.25, 0.3) is 0 Å². The third kappa shape index (κ3) is 2.32. The fourth-order valence-electron chi connectivity index (χ4n) is 1.88. The fraction of sp³-hybridized carbons (Fsp3) is 0.250. The number of hydrogen-bond donors (Lipinski definition) is 1. The summed E-state index contributed by atoms with van der Waals surface area (Å²) >= 11 is 12.0. The first-order valence-corrected chi connectivity index (χ1v) is 6.00. The molecule has 0 fully saturated rings. The van der Waals surface area contributed by atoms with Gasteiger partial charge in [0.15, 0.2) is 0 Å². The maximum absolute atomic E-state index is 5.98. The molecule has 0 amide bonds. The second-order valence-electron chi connectivity index (χ2n) is 3.89. The average molecular weight is 270 g/mol. The van der Waals surface area contributed by atoms with Gasteiger partial charge in [-0.05, 0) is 32.0 Å². The van der Waals surface area contributed by atoms with Crippen molar-refractivity contribution in [2.24, 2.45) is 5.73 Å². The molecular weight excluding hydrogens is 257 g/mol. The van der Waals surface area contributed by atoms with Crippen molar-refractivity contribution >= 4 is 23.2 Å². The van der Waals surface area contributed by atoms with Gasteiger partial charge >= 0.3 is 0 Å². The number of hydrogen-bond acceptors (Lipinski definition) is 2. The molecule has 0 atom stereocenters. The molecule has 0 spiro atoms. The van der Waals surface area contributed by atoms with E-state index in [4.69, 9.17) is 28.9 Å². The molecular formula is C12H13Cl2N3. The summed E-state index contributed by atoms with van der Waals surface area (Å²) in [4.78, 5) is 0. The van der Waals surface area contributed by atoms with Crippen LogP contribution in [0.25, 0.3) is 5.69 Å². The van der Waals surface area contributed by atoms with Crippen LogP contribution < -0.4 is 5.73 Å². The molecule has 2 rings (SSSR count). The van der Waals surface area contributed by atoms with Crippen LogP contribution in [0.4, 0.5) is 0 Å². The third-order valence-corrected chi connectivity index (χ3v) is 3.17. The lowest BCUT2D eigenvalue weighted by molar-refractivity contribution is 0.832. The minimum atomic E-state index is 0.478. The quantitative estimate of drug-likeness (QED) is 0.910. The lowest BCUT2D eigenvalue weighted by Gasteiger charge is -2.06. The third-order valence-electron chi connectivity index (χ3n) is 2.74. The number of halogens is 2. The summed E-state index contributed by atoms with van der Waals surface area (Å²) < 4.78 is 1.81. The average Bonchev–Trinajstić information content (AvgIpc) is 2.52. The van der Waals surface area contributed by atoms with Crippen molar-refractivity contribution < 1.29 is 0 Å². The van der Waals surface area contributed by atoms with Gasteiger partial charge in [0.2, 0.25) is 0 Å². The van der Waals surface area contributed by atoms with Crippen LogP contribution in [0.3, 0.4) is 0 Å². The summed E-state index contributed by atoms with van der Waals surface area (Å²) in [6, 6.07) is 5.35. The van der Waals surface area contributed by atoms with Gasteiger partial charge in [-0.1, -0.05) is 23.2 Å². The van der Waals surface area contributed by atoms with E-state index in [9.17, 15) is 0 Å². The van der Waals surface area contributed by atoms with Gasteiger partial charge in [0, 0.05) is 27.8 Å². The number of nitrogens with two attached hydrogens (primary N) is 1. The summed E-state index contributed by atoms with van der Waals surface area (Å²) in [5.74, 6) is 0. The van der Waals surface area contributed by atoms with Crippen LogP contribution >= 0.6 is 23.2 Å². The molecule has 5 heteroatoms. The second kappa shape index (κ2) is 4.69. The highest BCUT2D eigenvalue weighted by Gasteiger charge is 2.12. The Hall–Kier alpha value is -1.03. The smallest absolute Gasteiger partial charge is 0.0678 e. The molecule has 0 saturated carbocycles. The van der Waals surface area contributed by atoms with Crippen LogP contribution in [-0.4, -0.2) is 9.78 Å². The van der Waals surface area contributed by atoms with Gasteiger partial charge in [0.05, 0.1) is 11.4 Å². The van der Waals surface area contributed by atoms with E-state index in [0.29, 0.717) is 16.6 Å². The second-order valence-corrected chi connectivity index (χ2v) is 4.77. The van der Waals surface area contributed by atoms with E-state index in [0.717, 1.165) is 22.6 Å². The van der Waals surface area contributed by atoms with Crippen molar-refractivity contribution in [1.82, 2.24) is 9.78 Å². The van der Waals surface area contributed by atoms with Crippen molar-refractivity contribution in [3.8, 4) is 5.69 Å². The molecule has 0 bridgehead atoms. The van der Waals surface area contributed by atoms with E-state index in [-0.39, 0.29) is 0 Å². The molecule has 2 N–H and O–H groups in total. The molecule has 17 heavy (non-hydrogen) atoms. The van der Waals surface area contributed by atoms with E-state index >= 15 is 0 Å². The van der Waals surface area contributed by atoms with Crippen LogP contribution in [-0.2, 0) is 6.54 Å². The van der Waals surface area contributed by atoms with Gasteiger partial charge in [0.1, 0.15) is 0 Å². The standard InChI is InChI=1S/C12H13Cl2N3/c1-7-12(6-15)8(2)17(16-7)11-4-9(13)3-10(14)5-11/h3-5H,6,15H2,1-2H3. The number of benzene rings is 1. The Morgan fingerprint density at radius 2 is 1.76 bits per heavy atom. The molecule has 0 radical (unpaired) electrons. The van der Waals surface area contributed by atoms with E-state index in [1.54, 1.807) is 6.07 Å². The van der Waals surface area contributed by atoms with Crippen LogP contribution in [0.1, 0.15) is 17.0 Å². The number of aryl methyl sites for hydroxylation is 1. The minimum absolute atomic E-state index is 0.478. The SMILES string of the molecule is Cc1nn(-c2cc(Cl)cc(Cl)c2)c(C)c1CN. The summed E-state index contributed by atoms with van der Waals surface area (Å²) in [5, 5.41) is 5.64. The first kappa shape index (κ1) is 12.4. The molecule has 0 unspecified atom stereocenters. The van der Waals surface area contributed by atoms with Gasteiger partial charge in [-0.2, -0.15) is 5.10 Å². The van der Waals surface area contributed by atoms with Gasteiger partial charge < -0.3 is 5.73 Å². The Balaban J connectivity index is 2.60. The van der Waals surface area contributed by atoms with Gasteiger partial charge in [-0.3, -0.25) is 0 Å². The highest BCUT2D eigenvalue weighted by molar-refractivity contribution is 6.34. The lowest BCUT2D eigenvalue weighted by atomic mass is 10.2. The van der Waals surface area contributed by atoms with Crippen LogP contribution in [0.2, 0.25) is 10.0 Å². The Labute approximate surface area is 110 Å². The monoisotopic (exact) mass is 269 g/mol. The summed E-state index contributed by atoms with van der Waals surface area (Å²) in [7, 11) is 0. The fourth-order valence-corrected chi connectivity index (χ4v) is 2.40. The maximum Gasteiger partial charge on any atom is 0.0678 e. The minimum Gasteiger partial charge on any atom is -0.326 e. The molecule has 2 aromatic rings. The van der Waals surface area contributed by atoms with Crippen molar-refractivity contribution in [1.29, 1.82) is 0 Å². The molecule has 0 saturated heterocycles. The zero-order chi connectivity index (χ0) is 12.6. The van der Waals surface area contributed by atoms with E-state index in [1.165, 1.54) is 0 Å². The Morgan fingerprint density at radius 1 is 1.18 bits per heavy atom. The molecule has 1 aromatic carbocycles. The topological polar surface area (TPSA) is 43.8 Å². The Bertz CT molecular complexity index is 541. The lowest BCUT2D eigenvalue weighted by Crippen LogP contribution is -2.02. The first-order chi connectivity index (χ1) is 8.02. The summed E-state index contributed by atoms with van der Waals surface area (Å²) in [6.07, 6.45) is 0. The van der Waals surface area contributed by atoms with Crippen molar-refractivity contribution in [2.75, 3.05) is 0 Å². The van der Waals surface area contributed by atoms with Gasteiger partial charge in [-0.25, -0.2) is 4.68 Å². The largest absolute Gasteiger partial charge is 0.326 e. The predicted molar refractivity (Wildman–Crippen MR) is 70.9 cm³/mol. The van der Waals surface area contributed by atoms with Crippen LogP contribution in [0.15, 0.2) is 18.2 Å². The highest BCUT2D eigenvalue weighted by Crippen LogP contribution is 2.24. The van der Waals surface area contributed by atoms with E-state index in [1.807, 2.05) is 30.7 Å². The zero-order valence-corrected chi connectivity index (χ0v) is 11.2. The molecule has 1 aromatic heterocycles. The van der Waals surface area contributed by atoms with Gasteiger partial charge in [-0.15, -0.1) is 0 Å². The summed E-state index contributed by atoms with van der Waals surface area (Å²) in [5.41, 5.74) is 9.55. The molecule has 90 valence electrons. The Morgan fingerprint density at radius 3 is 2.24 bits per heavy atom. The summed E-state index contributed by atoms with van der Waals surface area (Å²) in [6.45, 7) is 4.40. The molecule has 3 nitrogen and oxygen atoms in total.